The monoisotopic (exact) mass is 206 g/mol. The van der Waals surface area contributed by atoms with Crippen LogP contribution in [0, 0.1) is 0 Å². The van der Waals surface area contributed by atoms with E-state index in [1.54, 1.807) is 0 Å². The molecule has 0 bridgehead atoms. The van der Waals surface area contributed by atoms with E-state index in [0.29, 0.717) is 6.04 Å². The van der Waals surface area contributed by atoms with Crippen LogP contribution in [0.5, 0.6) is 0 Å². The van der Waals surface area contributed by atoms with E-state index >= 15 is 0 Å². The van der Waals surface area contributed by atoms with Crippen LogP contribution in [0.2, 0.25) is 0 Å². The predicted octanol–water partition coefficient (Wildman–Crippen LogP) is 0.576. The van der Waals surface area contributed by atoms with Gasteiger partial charge in [0.15, 0.2) is 0 Å². The molecule has 1 aromatic rings. The van der Waals surface area contributed by atoms with Gasteiger partial charge in [0.05, 0.1) is 6.17 Å². The first-order valence-corrected chi connectivity index (χ1v) is 5.21. The van der Waals surface area contributed by atoms with E-state index in [0.717, 1.165) is 6.42 Å². The quantitative estimate of drug-likeness (QED) is 0.662. The second-order valence-electron chi connectivity index (χ2n) is 4.17. The molecule has 0 aliphatic carbocycles. The highest BCUT2D eigenvalue weighted by atomic mass is 15.4. The van der Waals surface area contributed by atoms with E-state index in [9.17, 15) is 0 Å². The van der Waals surface area contributed by atoms with Gasteiger partial charge in [-0.05, 0) is 24.1 Å². The molecule has 0 unspecified atom stereocenters. The third-order valence-corrected chi connectivity index (χ3v) is 2.74. The van der Waals surface area contributed by atoms with Crippen molar-refractivity contribution in [3.63, 3.8) is 0 Å². The lowest BCUT2D eigenvalue weighted by atomic mass is 10.0. The van der Waals surface area contributed by atoms with Gasteiger partial charge in [0.1, 0.15) is 0 Å². The minimum Gasteiger partial charge on any atom is -0.378 e. The van der Waals surface area contributed by atoms with Crippen molar-refractivity contribution in [2.75, 3.05) is 19.0 Å². The molecule has 1 aliphatic heterocycles. The minimum absolute atomic E-state index is 0.0588. The Morgan fingerprint density at radius 3 is 2.33 bits per heavy atom. The van der Waals surface area contributed by atoms with Crippen molar-refractivity contribution in [2.24, 2.45) is 5.73 Å². The molecule has 4 nitrogen and oxygen atoms in total. The van der Waals surface area contributed by atoms with E-state index in [1.807, 2.05) is 14.1 Å². The van der Waals surface area contributed by atoms with Gasteiger partial charge in [-0.1, -0.05) is 12.1 Å². The Morgan fingerprint density at radius 2 is 1.87 bits per heavy atom. The minimum atomic E-state index is 0.0588. The maximum Gasteiger partial charge on any atom is 0.0698 e. The van der Waals surface area contributed by atoms with Crippen molar-refractivity contribution in [2.45, 2.75) is 18.6 Å². The fourth-order valence-electron chi connectivity index (χ4n) is 1.80. The molecule has 4 heteroatoms. The van der Waals surface area contributed by atoms with Gasteiger partial charge in [-0.25, -0.2) is 10.9 Å². The van der Waals surface area contributed by atoms with Gasteiger partial charge in [0, 0.05) is 25.8 Å². The summed E-state index contributed by atoms with van der Waals surface area (Å²) in [5.41, 5.74) is 14.5. The zero-order chi connectivity index (χ0) is 10.8. The molecule has 0 radical (unpaired) electrons. The number of anilines is 1. The lowest BCUT2D eigenvalue weighted by Crippen LogP contribution is -2.36. The third kappa shape index (κ3) is 2.28. The van der Waals surface area contributed by atoms with Crippen LogP contribution in [-0.2, 0) is 0 Å². The highest BCUT2D eigenvalue weighted by Gasteiger charge is 2.21. The molecule has 0 saturated carbocycles. The molecule has 1 heterocycles. The second-order valence-corrected chi connectivity index (χ2v) is 4.17. The predicted molar refractivity (Wildman–Crippen MR) is 62.4 cm³/mol. The first-order valence-electron chi connectivity index (χ1n) is 5.21. The fraction of sp³-hybridized carbons (Fsp3) is 0.455. The molecule has 2 rings (SSSR count). The number of hydrogen-bond acceptors (Lipinski definition) is 4. The summed E-state index contributed by atoms with van der Waals surface area (Å²) in [5, 5.41) is 0. The normalized spacial score (nSPS) is 25.5. The largest absolute Gasteiger partial charge is 0.378 e. The average molecular weight is 206 g/mol. The van der Waals surface area contributed by atoms with E-state index in [-0.39, 0.29) is 6.17 Å². The zero-order valence-electron chi connectivity index (χ0n) is 9.20. The van der Waals surface area contributed by atoms with Crippen LogP contribution in [0.3, 0.4) is 0 Å². The third-order valence-electron chi connectivity index (χ3n) is 2.74. The van der Waals surface area contributed by atoms with Crippen LogP contribution in [0.1, 0.15) is 18.0 Å². The smallest absolute Gasteiger partial charge is 0.0698 e. The molecule has 1 fully saturated rings. The first kappa shape index (κ1) is 10.4. The molecule has 1 saturated heterocycles. The van der Waals surface area contributed by atoms with Crippen LogP contribution < -0.4 is 21.5 Å². The molecule has 2 atom stereocenters. The molecular formula is C11H18N4. The van der Waals surface area contributed by atoms with E-state index < -0.39 is 0 Å². The topological polar surface area (TPSA) is 53.3 Å². The number of hydrazine groups is 1. The molecule has 15 heavy (non-hydrogen) atoms. The number of rotatable bonds is 2. The van der Waals surface area contributed by atoms with E-state index in [1.165, 1.54) is 11.3 Å². The summed E-state index contributed by atoms with van der Waals surface area (Å²) >= 11 is 0. The van der Waals surface area contributed by atoms with E-state index in [4.69, 9.17) is 5.73 Å². The molecular weight excluding hydrogens is 188 g/mol. The molecule has 0 aromatic heterocycles. The Kier molecular flexibility index (Phi) is 2.90. The van der Waals surface area contributed by atoms with Crippen molar-refractivity contribution in [1.82, 2.24) is 10.9 Å². The van der Waals surface area contributed by atoms with Gasteiger partial charge in [-0.3, -0.25) is 0 Å². The van der Waals surface area contributed by atoms with Gasteiger partial charge in [-0.15, -0.1) is 0 Å². The molecule has 82 valence electrons. The summed E-state index contributed by atoms with van der Waals surface area (Å²) in [6, 6.07) is 8.87. The van der Waals surface area contributed by atoms with Crippen LogP contribution in [-0.4, -0.2) is 20.3 Å². The average Bonchev–Trinajstić information content (AvgIpc) is 2.65. The van der Waals surface area contributed by atoms with Crippen LogP contribution in [0.4, 0.5) is 5.69 Å². The van der Waals surface area contributed by atoms with E-state index in [2.05, 4.69) is 40.0 Å². The number of hydrogen-bond donors (Lipinski definition) is 3. The molecule has 4 N–H and O–H groups in total. The van der Waals surface area contributed by atoms with Crippen molar-refractivity contribution in [3.05, 3.63) is 29.8 Å². The Hall–Kier alpha value is -1.10. The number of benzene rings is 1. The SMILES string of the molecule is CN(C)c1ccc([C@@H]2C[C@H](N)NN2)cc1. The summed E-state index contributed by atoms with van der Waals surface area (Å²) < 4.78 is 0. The zero-order valence-corrected chi connectivity index (χ0v) is 9.20. The van der Waals surface area contributed by atoms with Crippen LogP contribution in [0.15, 0.2) is 24.3 Å². The van der Waals surface area contributed by atoms with Crippen molar-refractivity contribution in [1.29, 1.82) is 0 Å². The molecule has 0 spiro atoms. The number of nitrogens with zero attached hydrogens (tertiary/aromatic N) is 1. The second kappa shape index (κ2) is 4.18. The van der Waals surface area contributed by atoms with Gasteiger partial charge in [0.25, 0.3) is 0 Å². The Labute approximate surface area is 90.4 Å². The van der Waals surface area contributed by atoms with Crippen molar-refractivity contribution >= 4 is 5.69 Å². The van der Waals surface area contributed by atoms with Gasteiger partial charge >= 0.3 is 0 Å². The highest BCUT2D eigenvalue weighted by Crippen LogP contribution is 2.22. The summed E-state index contributed by atoms with van der Waals surface area (Å²) in [6.07, 6.45) is 0.991. The number of nitrogens with one attached hydrogen (secondary N) is 2. The van der Waals surface area contributed by atoms with Gasteiger partial charge in [-0.2, -0.15) is 0 Å². The Morgan fingerprint density at radius 1 is 1.20 bits per heavy atom. The summed E-state index contributed by atoms with van der Waals surface area (Å²) in [6.45, 7) is 0. The summed E-state index contributed by atoms with van der Waals surface area (Å²) in [4.78, 5) is 2.09. The van der Waals surface area contributed by atoms with Gasteiger partial charge in [0.2, 0.25) is 0 Å². The molecule has 1 aliphatic rings. The Bertz CT molecular complexity index is 320. The number of nitrogens with two attached hydrogens (primary N) is 1. The van der Waals surface area contributed by atoms with Crippen molar-refractivity contribution < 1.29 is 0 Å². The first-order chi connectivity index (χ1) is 7.16. The Balaban J connectivity index is 2.10. The molecule has 0 amide bonds. The maximum atomic E-state index is 5.76. The lowest BCUT2D eigenvalue weighted by molar-refractivity contribution is 0.552. The fourth-order valence-corrected chi connectivity index (χ4v) is 1.80. The lowest BCUT2D eigenvalue weighted by Gasteiger charge is -2.14. The standard InChI is InChI=1S/C11H18N4/c1-15(2)9-5-3-8(4-6-9)10-7-11(12)14-13-10/h3-6,10-11,13-14H,7,12H2,1-2H3/t10-,11+/m0/s1. The molecule has 1 aromatic carbocycles. The van der Waals surface area contributed by atoms with Gasteiger partial charge < -0.3 is 10.6 Å². The van der Waals surface area contributed by atoms with Crippen LogP contribution in [0.25, 0.3) is 0 Å². The summed E-state index contributed by atoms with van der Waals surface area (Å²) in [5.74, 6) is 0. The summed E-state index contributed by atoms with van der Waals surface area (Å²) in [7, 11) is 4.08. The van der Waals surface area contributed by atoms with Crippen LogP contribution >= 0.6 is 0 Å². The maximum absolute atomic E-state index is 5.76. The van der Waals surface area contributed by atoms with Crippen molar-refractivity contribution in [3.8, 4) is 0 Å². The highest BCUT2D eigenvalue weighted by molar-refractivity contribution is 5.46.